The lowest BCUT2D eigenvalue weighted by Gasteiger charge is -2.09. The number of aliphatic carboxylic acids is 1. The summed E-state index contributed by atoms with van der Waals surface area (Å²) < 4.78 is 0. The Bertz CT molecular complexity index is 163. The Kier molecular flexibility index (Phi) is 3.88. The Morgan fingerprint density at radius 2 is 2.50 bits per heavy atom. The Labute approximate surface area is 76.9 Å². The van der Waals surface area contributed by atoms with Gasteiger partial charge in [-0.05, 0) is 6.42 Å². The van der Waals surface area contributed by atoms with E-state index >= 15 is 0 Å². The molecule has 1 saturated heterocycles. The van der Waals surface area contributed by atoms with Gasteiger partial charge in [0.25, 0.3) is 0 Å². The summed E-state index contributed by atoms with van der Waals surface area (Å²) in [6.07, 6.45) is 3.49. The molecule has 0 aromatic heterocycles. The van der Waals surface area contributed by atoms with Crippen LogP contribution in [0.25, 0.3) is 0 Å². The molecule has 0 spiro atoms. The van der Waals surface area contributed by atoms with E-state index in [0.29, 0.717) is 11.1 Å². The number of carboxylic acids is 1. The van der Waals surface area contributed by atoms with Gasteiger partial charge in [-0.1, -0.05) is 25.1 Å². The van der Waals surface area contributed by atoms with Gasteiger partial charge in [-0.25, -0.2) is 0 Å². The SMILES string of the molecule is CCCC[C@H]1[NH2+][C@H](C(=O)[O-])CS1. The number of carboxylic acid groups (broad SMARTS) is 1. The van der Waals surface area contributed by atoms with E-state index < -0.39 is 5.97 Å². The third-order valence-electron chi connectivity index (χ3n) is 2.08. The van der Waals surface area contributed by atoms with Crippen LogP contribution in [0.1, 0.15) is 26.2 Å². The quantitative estimate of drug-likeness (QED) is 0.613. The highest BCUT2D eigenvalue weighted by Gasteiger charge is 2.28. The van der Waals surface area contributed by atoms with Gasteiger partial charge in [-0.15, -0.1) is 0 Å². The zero-order valence-electron chi connectivity index (χ0n) is 7.29. The number of carbonyl (C=O) groups excluding carboxylic acids is 1. The Hall–Kier alpha value is -0.220. The van der Waals surface area contributed by atoms with Crippen molar-refractivity contribution < 1.29 is 15.2 Å². The highest BCUT2D eigenvalue weighted by Crippen LogP contribution is 2.16. The zero-order chi connectivity index (χ0) is 8.97. The first kappa shape index (κ1) is 9.86. The van der Waals surface area contributed by atoms with E-state index in [2.05, 4.69) is 6.92 Å². The lowest BCUT2D eigenvalue weighted by molar-refractivity contribution is -0.685. The molecule has 1 aliphatic heterocycles. The van der Waals surface area contributed by atoms with Crippen LogP contribution in [0.3, 0.4) is 0 Å². The van der Waals surface area contributed by atoms with Crippen LogP contribution in [0.2, 0.25) is 0 Å². The predicted molar refractivity (Wildman–Crippen MR) is 46.5 cm³/mol. The molecular weight excluding hydrogens is 174 g/mol. The maximum Gasteiger partial charge on any atom is 0.136 e. The first-order chi connectivity index (χ1) is 5.74. The Balaban J connectivity index is 2.21. The van der Waals surface area contributed by atoms with Crippen molar-refractivity contribution in [2.45, 2.75) is 37.6 Å². The molecule has 2 atom stereocenters. The summed E-state index contributed by atoms with van der Waals surface area (Å²) >= 11 is 1.74. The Morgan fingerprint density at radius 1 is 1.75 bits per heavy atom. The summed E-state index contributed by atoms with van der Waals surface area (Å²) in [7, 11) is 0. The van der Waals surface area contributed by atoms with E-state index in [-0.39, 0.29) is 6.04 Å². The van der Waals surface area contributed by atoms with Crippen LogP contribution in [0, 0.1) is 0 Å². The topological polar surface area (TPSA) is 56.7 Å². The molecule has 0 bridgehead atoms. The van der Waals surface area contributed by atoms with Crippen molar-refractivity contribution in [2.75, 3.05) is 5.75 Å². The number of hydrogen-bond acceptors (Lipinski definition) is 3. The number of quaternary nitrogens is 1. The molecule has 0 aromatic rings. The average Bonchev–Trinajstić information content (AvgIpc) is 2.48. The molecule has 70 valence electrons. The fraction of sp³-hybridized carbons (Fsp3) is 0.875. The van der Waals surface area contributed by atoms with Gasteiger partial charge >= 0.3 is 0 Å². The van der Waals surface area contributed by atoms with Gasteiger partial charge in [0.1, 0.15) is 17.4 Å². The van der Waals surface area contributed by atoms with Crippen molar-refractivity contribution >= 4 is 17.7 Å². The molecule has 1 rings (SSSR count). The number of thioether (sulfide) groups is 1. The van der Waals surface area contributed by atoms with Gasteiger partial charge in [0.15, 0.2) is 0 Å². The molecule has 12 heavy (non-hydrogen) atoms. The molecule has 0 aromatic carbocycles. The molecule has 0 unspecified atom stereocenters. The third-order valence-corrected chi connectivity index (χ3v) is 3.45. The summed E-state index contributed by atoms with van der Waals surface area (Å²) in [4.78, 5) is 10.5. The van der Waals surface area contributed by atoms with Crippen molar-refractivity contribution in [3.05, 3.63) is 0 Å². The standard InChI is InChI=1S/C8H15NO2S/c1-2-3-4-7-9-6(5-12-7)8(10)11/h6-7,9H,2-5H2,1H3,(H,10,11)/t6-,7-/m0/s1. The molecule has 3 nitrogen and oxygen atoms in total. The number of hydrogen-bond donors (Lipinski definition) is 1. The van der Waals surface area contributed by atoms with E-state index in [4.69, 9.17) is 0 Å². The average molecular weight is 189 g/mol. The second-order valence-electron chi connectivity index (χ2n) is 3.13. The van der Waals surface area contributed by atoms with E-state index in [1.807, 2.05) is 5.32 Å². The van der Waals surface area contributed by atoms with E-state index in [9.17, 15) is 9.90 Å². The lowest BCUT2D eigenvalue weighted by Crippen LogP contribution is -2.94. The summed E-state index contributed by atoms with van der Waals surface area (Å²) in [5.74, 6) is -0.210. The van der Waals surface area contributed by atoms with Crippen LogP contribution >= 0.6 is 11.8 Å². The van der Waals surface area contributed by atoms with Gasteiger partial charge < -0.3 is 15.2 Å². The molecule has 1 fully saturated rings. The van der Waals surface area contributed by atoms with Gasteiger partial charge in [0.05, 0.1) is 5.75 Å². The summed E-state index contributed by atoms with van der Waals surface area (Å²) in [6.45, 7) is 2.15. The van der Waals surface area contributed by atoms with Gasteiger partial charge in [-0.3, -0.25) is 0 Å². The van der Waals surface area contributed by atoms with Crippen LogP contribution < -0.4 is 10.4 Å². The van der Waals surface area contributed by atoms with Crippen molar-refractivity contribution in [1.29, 1.82) is 0 Å². The zero-order valence-corrected chi connectivity index (χ0v) is 8.10. The fourth-order valence-corrected chi connectivity index (χ4v) is 2.66. The van der Waals surface area contributed by atoms with Crippen LogP contribution in [-0.4, -0.2) is 23.1 Å². The van der Waals surface area contributed by atoms with Crippen LogP contribution in [0.15, 0.2) is 0 Å². The predicted octanol–water partition coefficient (Wildman–Crippen LogP) is -1.07. The van der Waals surface area contributed by atoms with Crippen molar-refractivity contribution in [3.8, 4) is 0 Å². The third kappa shape index (κ3) is 2.68. The maximum absolute atomic E-state index is 10.5. The van der Waals surface area contributed by atoms with E-state index in [0.717, 1.165) is 6.42 Å². The summed E-state index contributed by atoms with van der Waals surface area (Å²) in [6, 6.07) is -0.308. The van der Waals surface area contributed by atoms with Crippen LogP contribution in [0.5, 0.6) is 0 Å². The smallest absolute Gasteiger partial charge is 0.136 e. The van der Waals surface area contributed by atoms with E-state index in [1.165, 1.54) is 12.8 Å². The molecule has 0 amide bonds. The highest BCUT2D eigenvalue weighted by molar-refractivity contribution is 7.99. The van der Waals surface area contributed by atoms with E-state index in [1.54, 1.807) is 11.8 Å². The first-order valence-corrected chi connectivity index (χ1v) is 5.46. The molecule has 0 aliphatic carbocycles. The second kappa shape index (κ2) is 4.72. The minimum atomic E-state index is -0.915. The summed E-state index contributed by atoms with van der Waals surface area (Å²) in [5, 5.41) is 12.8. The molecule has 2 N–H and O–H groups in total. The fourth-order valence-electron chi connectivity index (χ4n) is 1.33. The lowest BCUT2D eigenvalue weighted by atomic mass is 10.2. The molecule has 1 aliphatic rings. The molecule has 1 heterocycles. The van der Waals surface area contributed by atoms with Gasteiger partial charge in [0.2, 0.25) is 0 Å². The largest absolute Gasteiger partial charge is 0.544 e. The van der Waals surface area contributed by atoms with Crippen molar-refractivity contribution in [1.82, 2.24) is 0 Å². The molecule has 0 saturated carbocycles. The van der Waals surface area contributed by atoms with Crippen molar-refractivity contribution in [2.24, 2.45) is 0 Å². The van der Waals surface area contributed by atoms with Crippen LogP contribution in [-0.2, 0) is 4.79 Å². The number of rotatable bonds is 4. The van der Waals surface area contributed by atoms with Gasteiger partial charge in [0, 0.05) is 6.42 Å². The minimum Gasteiger partial charge on any atom is -0.544 e. The number of nitrogens with two attached hydrogens (primary N) is 1. The van der Waals surface area contributed by atoms with Crippen LogP contribution in [0.4, 0.5) is 0 Å². The monoisotopic (exact) mass is 189 g/mol. The second-order valence-corrected chi connectivity index (χ2v) is 4.40. The first-order valence-electron chi connectivity index (χ1n) is 4.41. The maximum atomic E-state index is 10.5. The normalized spacial score (nSPS) is 29.1. The molecule has 4 heteroatoms. The Morgan fingerprint density at radius 3 is 3.00 bits per heavy atom. The highest BCUT2D eigenvalue weighted by atomic mass is 32.2. The molecule has 0 radical (unpaired) electrons. The van der Waals surface area contributed by atoms with Gasteiger partial charge in [-0.2, -0.15) is 0 Å². The van der Waals surface area contributed by atoms with Crippen molar-refractivity contribution in [3.63, 3.8) is 0 Å². The summed E-state index contributed by atoms with van der Waals surface area (Å²) in [5.41, 5.74) is 0. The molecular formula is C8H15NO2S. The number of carbonyl (C=O) groups is 1. The minimum absolute atomic E-state index is 0.308. The number of unbranched alkanes of at least 4 members (excludes halogenated alkanes) is 1.